The molecule has 0 spiro atoms. The van der Waals surface area contributed by atoms with Gasteiger partial charge in [0.1, 0.15) is 0 Å². The Bertz CT molecular complexity index is 231. The molecule has 1 saturated carbocycles. The highest BCUT2D eigenvalue weighted by Gasteiger charge is 2.48. The van der Waals surface area contributed by atoms with Crippen LogP contribution in [0.2, 0.25) is 0 Å². The molecule has 82 valence electrons. The first-order chi connectivity index (χ1) is 6.33. The summed E-state index contributed by atoms with van der Waals surface area (Å²) in [6, 6.07) is 0.703. The monoisotopic (exact) mass is 197 g/mol. The van der Waals surface area contributed by atoms with Crippen LogP contribution in [-0.2, 0) is 0 Å². The number of rotatable bonds is 3. The van der Waals surface area contributed by atoms with E-state index in [9.17, 15) is 0 Å². The number of nitrogens with two attached hydrogens (primary N) is 1. The van der Waals surface area contributed by atoms with Crippen molar-refractivity contribution in [3.63, 3.8) is 0 Å². The number of nitrogens with one attached hydrogen (secondary N) is 1. The third-order valence-electron chi connectivity index (χ3n) is 2.95. The van der Waals surface area contributed by atoms with Gasteiger partial charge in [-0.05, 0) is 38.5 Å². The molecule has 0 aromatic carbocycles. The molecule has 2 atom stereocenters. The fraction of sp³-hybridized carbons (Fsp3) is 0.909. The molecule has 0 saturated heterocycles. The predicted molar refractivity (Wildman–Crippen MR) is 61.2 cm³/mol. The summed E-state index contributed by atoms with van der Waals surface area (Å²) < 4.78 is 0. The minimum Gasteiger partial charge on any atom is -0.370 e. The quantitative estimate of drug-likeness (QED) is 0.535. The lowest BCUT2D eigenvalue weighted by molar-refractivity contribution is 0.500. The van der Waals surface area contributed by atoms with Crippen LogP contribution in [0.5, 0.6) is 0 Å². The van der Waals surface area contributed by atoms with Crippen molar-refractivity contribution in [1.29, 1.82) is 0 Å². The molecular weight excluding hydrogens is 174 g/mol. The van der Waals surface area contributed by atoms with Crippen molar-refractivity contribution in [1.82, 2.24) is 5.32 Å². The lowest BCUT2D eigenvalue weighted by atomic mass is 10.1. The Kier molecular flexibility index (Phi) is 3.07. The van der Waals surface area contributed by atoms with Gasteiger partial charge in [-0.1, -0.05) is 13.8 Å². The van der Waals surface area contributed by atoms with E-state index in [0.717, 1.165) is 0 Å². The van der Waals surface area contributed by atoms with Crippen LogP contribution < -0.4 is 11.1 Å². The van der Waals surface area contributed by atoms with Crippen LogP contribution >= 0.6 is 0 Å². The summed E-state index contributed by atoms with van der Waals surface area (Å²) in [4.78, 5) is 4.46. The van der Waals surface area contributed by atoms with Crippen molar-refractivity contribution in [2.45, 2.75) is 53.1 Å². The summed E-state index contributed by atoms with van der Waals surface area (Å²) in [5.74, 6) is 1.28. The predicted octanol–water partition coefficient (Wildman–Crippen LogP) is 1.73. The molecule has 2 unspecified atom stereocenters. The molecule has 3 nitrogen and oxygen atoms in total. The van der Waals surface area contributed by atoms with Crippen molar-refractivity contribution < 1.29 is 0 Å². The van der Waals surface area contributed by atoms with E-state index in [-0.39, 0.29) is 0 Å². The van der Waals surface area contributed by atoms with Crippen LogP contribution in [0.15, 0.2) is 4.99 Å². The molecule has 1 rings (SSSR count). The second-order valence-electron chi connectivity index (χ2n) is 5.35. The van der Waals surface area contributed by atoms with E-state index in [1.165, 1.54) is 6.42 Å². The minimum absolute atomic E-state index is 0.344. The fourth-order valence-electron chi connectivity index (χ4n) is 1.97. The van der Waals surface area contributed by atoms with Crippen LogP contribution in [-0.4, -0.2) is 18.0 Å². The summed E-state index contributed by atoms with van der Waals surface area (Å²) in [6.45, 7) is 10.8. The number of hydrogen-bond donors (Lipinski definition) is 2. The maximum Gasteiger partial charge on any atom is 0.189 e. The van der Waals surface area contributed by atoms with E-state index in [2.05, 4.69) is 44.9 Å². The zero-order chi connectivity index (χ0) is 10.9. The zero-order valence-corrected chi connectivity index (χ0v) is 9.96. The molecule has 0 aliphatic heterocycles. The molecule has 14 heavy (non-hydrogen) atoms. The summed E-state index contributed by atoms with van der Waals surface area (Å²) in [6.07, 6.45) is 1.27. The fourth-order valence-corrected chi connectivity index (χ4v) is 1.97. The number of guanidine groups is 1. The van der Waals surface area contributed by atoms with Crippen LogP contribution in [0, 0.1) is 11.3 Å². The molecule has 0 aromatic rings. The van der Waals surface area contributed by atoms with Gasteiger partial charge in [-0.3, -0.25) is 4.99 Å². The van der Waals surface area contributed by atoms with Gasteiger partial charge in [-0.25, -0.2) is 0 Å². The van der Waals surface area contributed by atoms with Gasteiger partial charge in [0, 0.05) is 6.04 Å². The molecule has 1 aliphatic carbocycles. The zero-order valence-electron chi connectivity index (χ0n) is 9.96. The van der Waals surface area contributed by atoms with Crippen LogP contribution in [0.3, 0.4) is 0 Å². The average molecular weight is 197 g/mol. The molecule has 1 aliphatic rings. The first-order valence-corrected chi connectivity index (χ1v) is 5.43. The summed E-state index contributed by atoms with van der Waals surface area (Å²) in [5.41, 5.74) is 6.24. The van der Waals surface area contributed by atoms with Crippen molar-refractivity contribution in [2.24, 2.45) is 22.1 Å². The highest BCUT2D eigenvalue weighted by atomic mass is 15.1. The Balaban J connectivity index is 2.43. The van der Waals surface area contributed by atoms with Gasteiger partial charge in [0.25, 0.3) is 0 Å². The highest BCUT2D eigenvalue weighted by Crippen LogP contribution is 2.54. The standard InChI is InChI=1S/C11H23N3/c1-7(2)13-10(12)14-8(3)9-6-11(9,4)5/h7-9H,6H2,1-5H3,(H3,12,13,14). The molecule has 1 fully saturated rings. The van der Waals surface area contributed by atoms with Crippen molar-refractivity contribution in [3.05, 3.63) is 0 Å². The smallest absolute Gasteiger partial charge is 0.189 e. The molecule has 0 radical (unpaired) electrons. The Morgan fingerprint density at radius 2 is 1.93 bits per heavy atom. The van der Waals surface area contributed by atoms with E-state index < -0.39 is 0 Å². The van der Waals surface area contributed by atoms with Gasteiger partial charge in [-0.15, -0.1) is 0 Å². The Labute approximate surface area is 87.2 Å². The van der Waals surface area contributed by atoms with E-state index in [1.807, 2.05) is 0 Å². The molecule has 3 N–H and O–H groups in total. The van der Waals surface area contributed by atoms with E-state index >= 15 is 0 Å². The van der Waals surface area contributed by atoms with E-state index in [1.54, 1.807) is 0 Å². The Morgan fingerprint density at radius 1 is 1.43 bits per heavy atom. The van der Waals surface area contributed by atoms with Gasteiger partial charge in [-0.2, -0.15) is 0 Å². The second kappa shape index (κ2) is 3.79. The number of aliphatic imine (C=N–C) groups is 1. The van der Waals surface area contributed by atoms with Crippen LogP contribution in [0.1, 0.15) is 41.0 Å². The maximum atomic E-state index is 5.77. The van der Waals surface area contributed by atoms with E-state index in [4.69, 9.17) is 5.73 Å². The molecular formula is C11H23N3. The van der Waals surface area contributed by atoms with Crippen molar-refractivity contribution in [3.8, 4) is 0 Å². The summed E-state index contributed by atoms with van der Waals surface area (Å²) in [5, 5.41) is 3.11. The lowest BCUT2D eigenvalue weighted by Gasteiger charge is -2.13. The first kappa shape index (κ1) is 11.3. The SMILES string of the molecule is CC(C)NC(N)=NC(C)C1CC1(C)C. The van der Waals surface area contributed by atoms with Crippen molar-refractivity contribution in [2.75, 3.05) is 0 Å². The van der Waals surface area contributed by atoms with Gasteiger partial charge < -0.3 is 11.1 Å². The maximum absolute atomic E-state index is 5.77. The highest BCUT2D eigenvalue weighted by molar-refractivity contribution is 5.78. The number of hydrogen-bond acceptors (Lipinski definition) is 1. The third kappa shape index (κ3) is 2.89. The lowest BCUT2D eigenvalue weighted by Crippen LogP contribution is -2.37. The van der Waals surface area contributed by atoms with Gasteiger partial charge in [0.15, 0.2) is 5.96 Å². The average Bonchev–Trinajstić information content (AvgIpc) is 2.57. The Morgan fingerprint density at radius 3 is 2.29 bits per heavy atom. The third-order valence-corrected chi connectivity index (χ3v) is 2.95. The van der Waals surface area contributed by atoms with Gasteiger partial charge >= 0.3 is 0 Å². The van der Waals surface area contributed by atoms with Crippen LogP contribution in [0.4, 0.5) is 0 Å². The largest absolute Gasteiger partial charge is 0.370 e. The number of nitrogens with zero attached hydrogens (tertiary/aromatic N) is 1. The molecule has 0 aromatic heterocycles. The Hall–Kier alpha value is -0.730. The van der Waals surface area contributed by atoms with Gasteiger partial charge in [0.05, 0.1) is 6.04 Å². The molecule has 0 heterocycles. The molecule has 0 amide bonds. The molecule has 0 bridgehead atoms. The van der Waals surface area contributed by atoms with E-state index in [0.29, 0.717) is 29.4 Å². The molecule has 3 heteroatoms. The second-order valence-corrected chi connectivity index (χ2v) is 5.35. The first-order valence-electron chi connectivity index (χ1n) is 5.43. The topological polar surface area (TPSA) is 50.4 Å². The van der Waals surface area contributed by atoms with Crippen molar-refractivity contribution >= 4 is 5.96 Å². The summed E-state index contributed by atoms with van der Waals surface area (Å²) in [7, 11) is 0. The van der Waals surface area contributed by atoms with Gasteiger partial charge in [0.2, 0.25) is 0 Å². The minimum atomic E-state index is 0.344. The van der Waals surface area contributed by atoms with Crippen LogP contribution in [0.25, 0.3) is 0 Å². The summed E-state index contributed by atoms with van der Waals surface area (Å²) >= 11 is 0. The normalized spacial score (nSPS) is 27.6.